The van der Waals surface area contributed by atoms with Crippen molar-refractivity contribution >= 4 is 0 Å². The lowest BCUT2D eigenvalue weighted by atomic mass is 9.77. The van der Waals surface area contributed by atoms with Crippen molar-refractivity contribution in [3.8, 4) is 0 Å². The Morgan fingerprint density at radius 2 is 1.74 bits per heavy atom. The molecule has 1 saturated heterocycles. The molecule has 0 spiro atoms. The van der Waals surface area contributed by atoms with Gasteiger partial charge < -0.3 is 4.90 Å². The van der Waals surface area contributed by atoms with E-state index in [4.69, 9.17) is 0 Å². The largest absolute Gasteiger partial charge is 0.303 e. The normalized spacial score (nSPS) is 28.6. The van der Waals surface area contributed by atoms with Crippen molar-refractivity contribution in [3.63, 3.8) is 0 Å². The summed E-state index contributed by atoms with van der Waals surface area (Å²) in [6.07, 6.45) is 10.0. The first-order chi connectivity index (χ1) is 9.42. The van der Waals surface area contributed by atoms with Crippen LogP contribution in [0.3, 0.4) is 0 Å². The van der Waals surface area contributed by atoms with Crippen LogP contribution in [-0.2, 0) is 0 Å². The van der Waals surface area contributed by atoms with Gasteiger partial charge in [-0.3, -0.25) is 0 Å². The van der Waals surface area contributed by atoms with E-state index < -0.39 is 0 Å². The summed E-state index contributed by atoms with van der Waals surface area (Å²) in [7, 11) is 0. The van der Waals surface area contributed by atoms with Gasteiger partial charge in [0.15, 0.2) is 0 Å². The van der Waals surface area contributed by atoms with Gasteiger partial charge in [0, 0.05) is 0 Å². The molecular weight excluding hydrogens is 230 g/mol. The molecule has 2 aliphatic rings. The van der Waals surface area contributed by atoms with Gasteiger partial charge in [0.25, 0.3) is 0 Å². The van der Waals surface area contributed by atoms with Gasteiger partial charge in [-0.25, -0.2) is 0 Å². The van der Waals surface area contributed by atoms with Crippen LogP contribution in [0.25, 0.3) is 0 Å². The second kappa shape index (κ2) is 6.56. The Balaban J connectivity index is 1.50. The summed E-state index contributed by atoms with van der Waals surface area (Å²) in [5.41, 5.74) is 1.58. The highest BCUT2D eigenvalue weighted by molar-refractivity contribution is 5.19. The predicted octanol–water partition coefficient (Wildman–Crippen LogP) is 4.45. The van der Waals surface area contributed by atoms with Gasteiger partial charge in [-0.05, 0) is 69.1 Å². The molecular formula is C18H27N. The molecule has 3 rings (SSSR count). The van der Waals surface area contributed by atoms with Crippen LogP contribution in [-0.4, -0.2) is 24.5 Å². The minimum Gasteiger partial charge on any atom is -0.303 e. The van der Waals surface area contributed by atoms with Crippen molar-refractivity contribution in [2.45, 2.75) is 50.9 Å². The fourth-order valence-electron chi connectivity index (χ4n) is 3.95. The second-order valence-electron chi connectivity index (χ2n) is 6.48. The lowest BCUT2D eigenvalue weighted by Crippen LogP contribution is -2.24. The summed E-state index contributed by atoms with van der Waals surface area (Å²) >= 11 is 0. The number of likely N-dealkylation sites (tertiary alicyclic amines) is 1. The van der Waals surface area contributed by atoms with Crippen molar-refractivity contribution in [3.05, 3.63) is 35.9 Å². The van der Waals surface area contributed by atoms with E-state index in [1.807, 2.05) is 0 Å². The first kappa shape index (κ1) is 13.2. The summed E-state index contributed by atoms with van der Waals surface area (Å²) < 4.78 is 0. The molecule has 1 aromatic rings. The molecule has 1 nitrogen and oxygen atoms in total. The van der Waals surface area contributed by atoms with Crippen LogP contribution in [0.1, 0.15) is 56.4 Å². The first-order valence-electron chi connectivity index (χ1n) is 8.19. The van der Waals surface area contributed by atoms with Crippen LogP contribution >= 0.6 is 0 Å². The van der Waals surface area contributed by atoms with E-state index >= 15 is 0 Å². The molecule has 19 heavy (non-hydrogen) atoms. The first-order valence-corrected chi connectivity index (χ1v) is 8.19. The monoisotopic (exact) mass is 257 g/mol. The Kier molecular flexibility index (Phi) is 4.55. The van der Waals surface area contributed by atoms with Crippen LogP contribution in [0.15, 0.2) is 30.3 Å². The zero-order chi connectivity index (χ0) is 12.9. The molecule has 2 fully saturated rings. The Labute approximate surface area is 118 Å². The van der Waals surface area contributed by atoms with Gasteiger partial charge in [0.2, 0.25) is 0 Å². The fraction of sp³-hybridized carbons (Fsp3) is 0.667. The van der Waals surface area contributed by atoms with Gasteiger partial charge in [-0.1, -0.05) is 43.2 Å². The molecule has 2 atom stereocenters. The summed E-state index contributed by atoms with van der Waals surface area (Å²) in [6, 6.07) is 11.2. The van der Waals surface area contributed by atoms with Gasteiger partial charge in [0.05, 0.1) is 0 Å². The van der Waals surface area contributed by atoms with Crippen LogP contribution in [0.2, 0.25) is 0 Å². The third kappa shape index (κ3) is 3.60. The lowest BCUT2D eigenvalue weighted by molar-refractivity contribution is 0.252. The highest BCUT2D eigenvalue weighted by atomic mass is 15.1. The highest BCUT2D eigenvalue weighted by Crippen LogP contribution is 2.37. The van der Waals surface area contributed by atoms with Crippen LogP contribution in [0.5, 0.6) is 0 Å². The van der Waals surface area contributed by atoms with E-state index in [2.05, 4.69) is 35.2 Å². The molecule has 1 aromatic carbocycles. The molecule has 1 saturated carbocycles. The minimum atomic E-state index is 0.832. The molecule has 0 amide bonds. The average Bonchev–Trinajstić information content (AvgIpc) is 3.00. The van der Waals surface area contributed by atoms with Crippen LogP contribution in [0.4, 0.5) is 0 Å². The summed E-state index contributed by atoms with van der Waals surface area (Å²) in [6.45, 7) is 4.07. The molecule has 0 N–H and O–H groups in total. The summed E-state index contributed by atoms with van der Waals surface area (Å²) in [4.78, 5) is 2.67. The van der Waals surface area contributed by atoms with E-state index in [0.717, 1.165) is 11.8 Å². The molecule has 1 heterocycles. The van der Waals surface area contributed by atoms with E-state index in [1.165, 1.54) is 64.6 Å². The van der Waals surface area contributed by atoms with Crippen molar-refractivity contribution in [1.82, 2.24) is 4.90 Å². The molecule has 1 aliphatic heterocycles. The van der Waals surface area contributed by atoms with E-state index in [-0.39, 0.29) is 0 Å². The van der Waals surface area contributed by atoms with Crippen LogP contribution < -0.4 is 0 Å². The molecule has 1 heteroatoms. The topological polar surface area (TPSA) is 3.24 Å². The van der Waals surface area contributed by atoms with Gasteiger partial charge in [0.1, 0.15) is 0 Å². The Hall–Kier alpha value is -0.820. The molecule has 0 unspecified atom stereocenters. The maximum Gasteiger partial charge on any atom is -0.00161 e. The Morgan fingerprint density at radius 1 is 0.947 bits per heavy atom. The van der Waals surface area contributed by atoms with Gasteiger partial charge in [-0.15, -0.1) is 0 Å². The van der Waals surface area contributed by atoms with E-state index in [9.17, 15) is 0 Å². The van der Waals surface area contributed by atoms with Gasteiger partial charge >= 0.3 is 0 Å². The standard InChI is InChI=1S/C18H27N/c1-2-8-17(9-3-1)18-10-6-7-16(15-18)11-14-19-12-4-5-13-19/h1-3,8-9,16,18H,4-7,10-15H2/t16-,18-/m0/s1. The lowest BCUT2D eigenvalue weighted by Gasteiger charge is -2.30. The Bertz CT molecular complexity index is 367. The van der Waals surface area contributed by atoms with E-state index in [0.29, 0.717) is 0 Å². The van der Waals surface area contributed by atoms with Crippen molar-refractivity contribution in [2.24, 2.45) is 5.92 Å². The molecule has 0 radical (unpaired) electrons. The summed E-state index contributed by atoms with van der Waals surface area (Å²) in [5, 5.41) is 0. The number of hydrogen-bond acceptors (Lipinski definition) is 1. The average molecular weight is 257 g/mol. The quantitative estimate of drug-likeness (QED) is 0.770. The third-order valence-electron chi connectivity index (χ3n) is 5.11. The molecule has 1 aliphatic carbocycles. The number of nitrogens with zero attached hydrogens (tertiary/aromatic N) is 1. The number of hydrogen-bond donors (Lipinski definition) is 0. The smallest absolute Gasteiger partial charge is 0.00161 e. The maximum atomic E-state index is 2.67. The van der Waals surface area contributed by atoms with Crippen molar-refractivity contribution < 1.29 is 0 Å². The zero-order valence-electron chi connectivity index (χ0n) is 12.1. The third-order valence-corrected chi connectivity index (χ3v) is 5.11. The van der Waals surface area contributed by atoms with Gasteiger partial charge in [-0.2, -0.15) is 0 Å². The van der Waals surface area contributed by atoms with Crippen LogP contribution in [0, 0.1) is 5.92 Å². The minimum absolute atomic E-state index is 0.832. The predicted molar refractivity (Wildman–Crippen MR) is 81.4 cm³/mol. The zero-order valence-corrected chi connectivity index (χ0v) is 12.1. The Morgan fingerprint density at radius 3 is 2.53 bits per heavy atom. The summed E-state index contributed by atoms with van der Waals surface area (Å²) in [5.74, 6) is 1.80. The molecule has 104 valence electrons. The molecule has 0 aromatic heterocycles. The van der Waals surface area contributed by atoms with E-state index in [1.54, 1.807) is 5.56 Å². The highest BCUT2D eigenvalue weighted by Gasteiger charge is 2.23. The van der Waals surface area contributed by atoms with Crippen molar-refractivity contribution in [2.75, 3.05) is 19.6 Å². The second-order valence-corrected chi connectivity index (χ2v) is 6.48. The fourth-order valence-corrected chi connectivity index (χ4v) is 3.95. The van der Waals surface area contributed by atoms with Crippen molar-refractivity contribution in [1.29, 1.82) is 0 Å². The number of benzene rings is 1. The number of rotatable bonds is 4. The maximum absolute atomic E-state index is 2.67. The molecule has 0 bridgehead atoms. The SMILES string of the molecule is c1ccc([C@H]2CCC[C@@H](CCN3CCCC3)C2)cc1.